The summed E-state index contributed by atoms with van der Waals surface area (Å²) in [4.78, 5) is 40.1. The summed E-state index contributed by atoms with van der Waals surface area (Å²) in [5.41, 5.74) is 1.41. The van der Waals surface area contributed by atoms with Crippen LogP contribution in [0.2, 0.25) is 0 Å². The molecule has 2 aliphatic heterocycles. The van der Waals surface area contributed by atoms with Crippen LogP contribution >= 0.6 is 0 Å². The molecule has 0 bridgehead atoms. The smallest absolute Gasteiger partial charge is 0.316 e. The van der Waals surface area contributed by atoms with Crippen LogP contribution in [0, 0.1) is 28.1 Å². The number of rotatable bonds is 4. The minimum Gasteiger partial charge on any atom is -0.472 e. The summed E-state index contributed by atoms with van der Waals surface area (Å²) >= 11 is 0. The number of ether oxygens (including phenoxy) is 3. The van der Waals surface area contributed by atoms with Gasteiger partial charge in [0.25, 0.3) is 0 Å². The van der Waals surface area contributed by atoms with Gasteiger partial charge in [0, 0.05) is 28.2 Å². The zero-order valence-electron chi connectivity index (χ0n) is 22.7. The first-order chi connectivity index (χ1) is 18.6. The Morgan fingerprint density at radius 1 is 1.13 bits per heavy atom. The lowest BCUT2D eigenvalue weighted by molar-refractivity contribution is -0.190. The third kappa shape index (κ3) is 2.85. The normalized spacial score (nSPS) is 41.9. The molecule has 204 valence electrons. The molecule has 4 heterocycles. The van der Waals surface area contributed by atoms with E-state index in [1.54, 1.807) is 24.9 Å². The van der Waals surface area contributed by atoms with Gasteiger partial charge in [-0.1, -0.05) is 25.5 Å². The molecule has 1 saturated carbocycles. The predicted octanol–water partition coefficient (Wildman–Crippen LogP) is 5.00. The number of methoxy groups -OCH3 is 1. The molecule has 2 saturated heterocycles. The Hall–Kier alpha value is -3.39. The van der Waals surface area contributed by atoms with Gasteiger partial charge in [-0.25, -0.2) is 0 Å². The van der Waals surface area contributed by atoms with Gasteiger partial charge >= 0.3 is 11.9 Å². The van der Waals surface area contributed by atoms with Crippen molar-refractivity contribution in [3.63, 3.8) is 0 Å². The number of carbonyl (C=O) groups excluding carboxylic acids is 3. The summed E-state index contributed by atoms with van der Waals surface area (Å²) in [6, 6.07) is 3.86. The quantitative estimate of drug-likeness (QED) is 0.400. The van der Waals surface area contributed by atoms with Crippen molar-refractivity contribution in [2.75, 3.05) is 7.11 Å². The monoisotopic (exact) mass is 532 g/mol. The molecular weight excluding hydrogens is 500 g/mol. The van der Waals surface area contributed by atoms with Crippen LogP contribution in [0.5, 0.6) is 0 Å². The van der Waals surface area contributed by atoms with Crippen LogP contribution in [-0.4, -0.2) is 43.1 Å². The lowest BCUT2D eigenvalue weighted by Gasteiger charge is -2.59. The second-order valence-corrected chi connectivity index (χ2v) is 12.4. The molecule has 7 rings (SSSR count). The van der Waals surface area contributed by atoms with E-state index in [1.807, 2.05) is 26.0 Å². The molecule has 3 aliphatic carbocycles. The van der Waals surface area contributed by atoms with E-state index in [2.05, 4.69) is 13.8 Å². The Morgan fingerprint density at radius 2 is 1.92 bits per heavy atom. The highest BCUT2D eigenvalue weighted by Gasteiger charge is 2.77. The number of hydrogen-bond acceptors (Lipinski definition) is 8. The number of esters is 2. The molecule has 0 unspecified atom stereocenters. The van der Waals surface area contributed by atoms with Crippen molar-refractivity contribution >= 4 is 17.7 Å². The maximum Gasteiger partial charge on any atom is 0.316 e. The highest BCUT2D eigenvalue weighted by atomic mass is 16.6. The molecule has 8 nitrogen and oxygen atoms in total. The Morgan fingerprint density at radius 3 is 2.64 bits per heavy atom. The average molecular weight is 533 g/mol. The van der Waals surface area contributed by atoms with Crippen molar-refractivity contribution in [3.8, 4) is 11.3 Å². The maximum atomic E-state index is 13.8. The zero-order valence-corrected chi connectivity index (χ0v) is 22.7. The standard InChI is InChI=1S/C31H32O8/c1-15-18(17-8-11-37-24(17)16-7-10-36-14-16)12-19-23(15)31(4)20(13-22(33)35-5)30(3)21(32)6-9-29(2)26(30)25(27(31)38-19)39-28(29)34/h6-11,14,18-20,25-27H,12-13H2,1-5H3/t18-,19-,20-,25-,26+,27-,29-,30+,31-/m1/s1. The van der Waals surface area contributed by atoms with E-state index in [0.29, 0.717) is 6.42 Å². The number of allylic oxidation sites excluding steroid dienone is 2. The van der Waals surface area contributed by atoms with Gasteiger partial charge in [0.15, 0.2) is 5.78 Å². The van der Waals surface area contributed by atoms with E-state index in [0.717, 1.165) is 28.0 Å². The summed E-state index contributed by atoms with van der Waals surface area (Å²) in [5.74, 6) is -0.945. The molecule has 0 aromatic carbocycles. The van der Waals surface area contributed by atoms with Gasteiger partial charge in [-0.2, -0.15) is 0 Å². The van der Waals surface area contributed by atoms with Gasteiger partial charge in [0.1, 0.15) is 24.2 Å². The van der Waals surface area contributed by atoms with E-state index >= 15 is 0 Å². The van der Waals surface area contributed by atoms with Crippen LogP contribution in [0.4, 0.5) is 0 Å². The summed E-state index contributed by atoms with van der Waals surface area (Å²) in [7, 11) is 1.37. The minimum absolute atomic E-state index is 0.0223. The third-order valence-corrected chi connectivity index (χ3v) is 10.8. The molecule has 0 spiro atoms. The number of carbonyl (C=O) groups is 3. The van der Waals surface area contributed by atoms with Gasteiger partial charge in [-0.15, -0.1) is 0 Å². The fourth-order valence-electron chi connectivity index (χ4n) is 9.13. The van der Waals surface area contributed by atoms with Crippen molar-refractivity contribution in [3.05, 3.63) is 59.8 Å². The van der Waals surface area contributed by atoms with E-state index in [4.69, 9.17) is 23.0 Å². The summed E-state index contributed by atoms with van der Waals surface area (Å²) in [6.45, 7) is 7.95. The summed E-state index contributed by atoms with van der Waals surface area (Å²) < 4.78 is 29.3. The first-order valence-corrected chi connectivity index (χ1v) is 13.5. The Kier molecular flexibility index (Phi) is 4.95. The highest BCUT2D eigenvalue weighted by molar-refractivity contribution is 6.00. The molecule has 2 aromatic heterocycles. The first kappa shape index (κ1) is 24.6. The van der Waals surface area contributed by atoms with Crippen LogP contribution in [0.1, 0.15) is 52.0 Å². The number of furan rings is 2. The van der Waals surface area contributed by atoms with Crippen LogP contribution in [0.25, 0.3) is 11.3 Å². The predicted molar refractivity (Wildman–Crippen MR) is 137 cm³/mol. The van der Waals surface area contributed by atoms with Crippen molar-refractivity contribution in [2.24, 2.45) is 28.1 Å². The van der Waals surface area contributed by atoms with Crippen LogP contribution in [0.3, 0.4) is 0 Å². The lowest BCUT2D eigenvalue weighted by Crippen LogP contribution is -2.66. The fourth-order valence-corrected chi connectivity index (χ4v) is 9.13. The molecule has 9 atom stereocenters. The maximum absolute atomic E-state index is 13.8. The molecule has 39 heavy (non-hydrogen) atoms. The Balaban J connectivity index is 1.41. The molecule has 0 radical (unpaired) electrons. The molecule has 5 aliphatic rings. The van der Waals surface area contributed by atoms with E-state index in [-0.39, 0.29) is 36.2 Å². The van der Waals surface area contributed by atoms with Gasteiger partial charge in [-0.3, -0.25) is 14.4 Å². The van der Waals surface area contributed by atoms with Crippen LogP contribution in [-0.2, 0) is 28.6 Å². The number of ketones is 1. The zero-order chi connectivity index (χ0) is 27.5. The topological polar surface area (TPSA) is 105 Å². The Labute approximate surface area is 226 Å². The van der Waals surface area contributed by atoms with E-state index < -0.39 is 40.3 Å². The van der Waals surface area contributed by atoms with Gasteiger partial charge in [0.2, 0.25) is 0 Å². The van der Waals surface area contributed by atoms with Crippen molar-refractivity contribution in [1.82, 2.24) is 0 Å². The van der Waals surface area contributed by atoms with Crippen molar-refractivity contribution in [1.29, 1.82) is 0 Å². The first-order valence-electron chi connectivity index (χ1n) is 13.5. The van der Waals surface area contributed by atoms with Crippen molar-refractivity contribution < 1.29 is 37.4 Å². The average Bonchev–Trinajstić information content (AvgIpc) is 3.71. The van der Waals surface area contributed by atoms with Crippen LogP contribution < -0.4 is 0 Å². The Bertz CT molecular complexity index is 1460. The third-order valence-electron chi connectivity index (χ3n) is 10.8. The second-order valence-electron chi connectivity index (χ2n) is 12.4. The summed E-state index contributed by atoms with van der Waals surface area (Å²) in [5, 5.41) is 0. The second kappa shape index (κ2) is 7.84. The van der Waals surface area contributed by atoms with Gasteiger partial charge in [-0.05, 0) is 50.0 Å². The molecule has 2 aromatic rings. The van der Waals surface area contributed by atoms with Gasteiger partial charge < -0.3 is 23.0 Å². The van der Waals surface area contributed by atoms with Crippen LogP contribution in [0.15, 0.2) is 63.1 Å². The minimum atomic E-state index is -1.03. The highest BCUT2D eigenvalue weighted by Crippen LogP contribution is 2.72. The lowest BCUT2D eigenvalue weighted by atomic mass is 9.42. The van der Waals surface area contributed by atoms with Gasteiger partial charge in [0.05, 0.1) is 43.1 Å². The number of fused-ring (bicyclic) bond motifs is 4. The summed E-state index contributed by atoms with van der Waals surface area (Å²) in [6.07, 6.45) is 7.58. The SMILES string of the molecule is COC(=O)C[C@H]1[C@]2(C)C3=C(C)[C@H](c4ccoc4-c4ccoc4)C[C@H]3O[C@@H]2[C@@H]2OC(=O)[C@]3(C)C=CC(=O)[C@@]1(C)[C@@H]23. The molecule has 0 amide bonds. The largest absolute Gasteiger partial charge is 0.472 e. The molecule has 0 N–H and O–H groups in total. The molecule has 8 heteroatoms. The van der Waals surface area contributed by atoms with Crippen molar-refractivity contribution in [2.45, 2.75) is 64.8 Å². The van der Waals surface area contributed by atoms with E-state index in [9.17, 15) is 14.4 Å². The fraction of sp³-hybridized carbons (Fsp3) is 0.516. The molecular formula is C31H32O8. The number of hydrogen-bond donors (Lipinski definition) is 0. The van der Waals surface area contributed by atoms with E-state index in [1.165, 1.54) is 13.2 Å². The molecule has 3 fully saturated rings.